The number of carbonyl (C=O) groups is 1. The van der Waals surface area contributed by atoms with E-state index in [0.29, 0.717) is 22.1 Å². The Labute approximate surface area is 189 Å². The van der Waals surface area contributed by atoms with Gasteiger partial charge in [0, 0.05) is 10.9 Å². The van der Waals surface area contributed by atoms with Crippen LogP contribution in [-0.2, 0) is 17.6 Å². The standard InChI is InChI=1S/C24H34N2O2S2/c1-14(24-11-15-8-16(12-24)10-17(9-15)13-24)25-23(29)26-21-20(22(27)28-2)18-6-4-3-5-7-19(18)30-21/h14-17H,3-13H2,1-2H3,(H2,25,26,29). The summed E-state index contributed by atoms with van der Waals surface area (Å²) in [5.41, 5.74) is 2.30. The van der Waals surface area contributed by atoms with Crippen molar-refractivity contribution in [3.05, 3.63) is 16.0 Å². The molecule has 5 aliphatic carbocycles. The van der Waals surface area contributed by atoms with Crippen molar-refractivity contribution in [1.29, 1.82) is 0 Å². The fourth-order valence-corrected chi connectivity index (χ4v) is 8.97. The molecule has 0 spiro atoms. The van der Waals surface area contributed by atoms with Crippen molar-refractivity contribution < 1.29 is 9.53 Å². The average Bonchev–Trinajstić information content (AvgIpc) is 2.87. The first-order valence-electron chi connectivity index (χ1n) is 11.8. The van der Waals surface area contributed by atoms with Crippen molar-refractivity contribution in [3.63, 3.8) is 0 Å². The summed E-state index contributed by atoms with van der Waals surface area (Å²) < 4.78 is 5.13. The van der Waals surface area contributed by atoms with Crippen LogP contribution in [0.5, 0.6) is 0 Å². The van der Waals surface area contributed by atoms with E-state index in [4.69, 9.17) is 17.0 Å². The van der Waals surface area contributed by atoms with Crippen molar-refractivity contribution >= 4 is 39.6 Å². The molecule has 1 aromatic heterocycles. The van der Waals surface area contributed by atoms with Crippen LogP contribution in [-0.4, -0.2) is 24.2 Å². The van der Waals surface area contributed by atoms with Crippen LogP contribution in [0, 0.1) is 23.2 Å². The summed E-state index contributed by atoms with van der Waals surface area (Å²) in [4.78, 5) is 13.9. The van der Waals surface area contributed by atoms with Gasteiger partial charge < -0.3 is 15.4 Å². The average molecular weight is 447 g/mol. The number of hydrogen-bond acceptors (Lipinski definition) is 4. The quantitative estimate of drug-likeness (QED) is 0.353. The predicted molar refractivity (Wildman–Crippen MR) is 126 cm³/mol. The number of thiophene rings is 1. The SMILES string of the molecule is COC(=O)c1c(NC(=S)NC(C)C23CC4CC(CC(C4)C2)C3)sc2c1CCCCC2. The molecule has 1 atom stereocenters. The Bertz CT molecular complexity index is 811. The van der Waals surface area contributed by atoms with Gasteiger partial charge in [0.05, 0.1) is 12.7 Å². The largest absolute Gasteiger partial charge is 0.465 e. The molecule has 4 nitrogen and oxygen atoms in total. The highest BCUT2D eigenvalue weighted by molar-refractivity contribution is 7.80. The molecule has 0 aromatic carbocycles. The second-order valence-electron chi connectivity index (χ2n) is 10.4. The van der Waals surface area contributed by atoms with Gasteiger partial charge in [-0.1, -0.05) is 6.42 Å². The van der Waals surface area contributed by atoms with Gasteiger partial charge in [-0.15, -0.1) is 11.3 Å². The van der Waals surface area contributed by atoms with E-state index in [2.05, 4.69) is 17.6 Å². The van der Waals surface area contributed by atoms with Crippen LogP contribution in [0.15, 0.2) is 0 Å². The van der Waals surface area contributed by atoms with Gasteiger partial charge in [-0.3, -0.25) is 0 Å². The van der Waals surface area contributed by atoms with Crippen LogP contribution in [0.4, 0.5) is 5.00 Å². The maximum atomic E-state index is 12.6. The highest BCUT2D eigenvalue weighted by atomic mass is 32.1. The van der Waals surface area contributed by atoms with Crippen molar-refractivity contribution in [2.24, 2.45) is 23.2 Å². The van der Waals surface area contributed by atoms with Crippen LogP contribution in [0.25, 0.3) is 0 Å². The van der Waals surface area contributed by atoms with Gasteiger partial charge >= 0.3 is 5.97 Å². The molecule has 2 N–H and O–H groups in total. The molecular weight excluding hydrogens is 412 g/mol. The Morgan fingerprint density at radius 2 is 1.73 bits per heavy atom. The molecule has 6 heteroatoms. The van der Waals surface area contributed by atoms with E-state index >= 15 is 0 Å². The van der Waals surface area contributed by atoms with Gasteiger partial charge in [0.1, 0.15) is 5.00 Å². The molecule has 4 saturated carbocycles. The van der Waals surface area contributed by atoms with Gasteiger partial charge in [-0.2, -0.15) is 0 Å². The number of hydrogen-bond donors (Lipinski definition) is 2. The lowest BCUT2D eigenvalue weighted by Crippen LogP contribution is -2.56. The number of fused-ring (bicyclic) bond motifs is 1. The number of ether oxygens (including phenoxy) is 1. The minimum atomic E-state index is -0.242. The molecular formula is C24H34N2O2S2. The number of carbonyl (C=O) groups excluding carboxylic acids is 1. The van der Waals surface area contributed by atoms with E-state index < -0.39 is 0 Å². The Balaban J connectivity index is 1.32. The van der Waals surface area contributed by atoms with Crippen LogP contribution in [0.3, 0.4) is 0 Å². The van der Waals surface area contributed by atoms with E-state index in [1.807, 2.05) is 0 Å². The van der Waals surface area contributed by atoms with E-state index in [9.17, 15) is 4.79 Å². The topological polar surface area (TPSA) is 50.4 Å². The van der Waals surface area contributed by atoms with Crippen LogP contribution in [0.2, 0.25) is 0 Å². The summed E-state index contributed by atoms with van der Waals surface area (Å²) >= 11 is 7.44. The lowest BCUT2D eigenvalue weighted by atomic mass is 9.48. The predicted octanol–water partition coefficient (Wildman–Crippen LogP) is 5.69. The Hall–Kier alpha value is -1.14. The monoisotopic (exact) mass is 446 g/mol. The van der Waals surface area contributed by atoms with Crippen LogP contribution in [0.1, 0.15) is 85.5 Å². The molecule has 4 fully saturated rings. The number of aryl methyl sites for hydroxylation is 1. The number of nitrogens with one attached hydrogen (secondary N) is 2. The van der Waals surface area contributed by atoms with Crippen LogP contribution >= 0.6 is 23.6 Å². The molecule has 4 bridgehead atoms. The fraction of sp³-hybridized carbons (Fsp3) is 0.750. The van der Waals surface area contributed by atoms with Gasteiger partial charge in [0.2, 0.25) is 0 Å². The Kier molecular flexibility index (Phi) is 5.59. The zero-order valence-electron chi connectivity index (χ0n) is 18.2. The maximum absolute atomic E-state index is 12.6. The van der Waals surface area contributed by atoms with E-state index in [0.717, 1.165) is 42.0 Å². The lowest BCUT2D eigenvalue weighted by molar-refractivity contribution is -0.0671. The second-order valence-corrected chi connectivity index (χ2v) is 11.9. The third kappa shape index (κ3) is 3.68. The van der Waals surface area contributed by atoms with Gasteiger partial charge in [0.15, 0.2) is 5.11 Å². The smallest absolute Gasteiger partial charge is 0.341 e. The van der Waals surface area contributed by atoms with Crippen molar-refractivity contribution in [2.45, 2.75) is 83.6 Å². The van der Waals surface area contributed by atoms with E-state index in [1.54, 1.807) is 11.3 Å². The summed E-state index contributed by atoms with van der Waals surface area (Å²) in [6, 6.07) is 0.366. The first kappa shape index (κ1) is 20.7. The summed E-state index contributed by atoms with van der Waals surface area (Å²) in [5, 5.41) is 8.56. The normalized spacial score (nSPS) is 32.8. The molecule has 1 heterocycles. The third-order valence-electron chi connectivity index (χ3n) is 8.39. The first-order valence-corrected chi connectivity index (χ1v) is 13.0. The molecule has 0 saturated heterocycles. The zero-order chi connectivity index (χ0) is 20.9. The third-order valence-corrected chi connectivity index (χ3v) is 9.82. The first-order chi connectivity index (χ1) is 14.5. The molecule has 0 amide bonds. The highest BCUT2D eigenvalue weighted by Crippen LogP contribution is 2.61. The summed E-state index contributed by atoms with van der Waals surface area (Å²) in [6.07, 6.45) is 14.0. The van der Waals surface area contributed by atoms with Crippen molar-refractivity contribution in [2.75, 3.05) is 12.4 Å². The number of thiocarbonyl (C=S) groups is 1. The molecule has 1 unspecified atom stereocenters. The molecule has 5 aliphatic rings. The molecule has 0 radical (unpaired) electrons. The zero-order valence-corrected chi connectivity index (χ0v) is 19.9. The highest BCUT2D eigenvalue weighted by Gasteiger charge is 2.53. The van der Waals surface area contributed by atoms with E-state index in [-0.39, 0.29) is 5.97 Å². The molecule has 6 rings (SSSR count). The maximum Gasteiger partial charge on any atom is 0.341 e. The van der Waals surface area contributed by atoms with Gasteiger partial charge in [-0.05, 0) is 112 Å². The minimum Gasteiger partial charge on any atom is -0.465 e. The van der Waals surface area contributed by atoms with E-state index in [1.165, 1.54) is 68.9 Å². The number of methoxy groups -OCH3 is 1. The van der Waals surface area contributed by atoms with Crippen molar-refractivity contribution in [1.82, 2.24) is 5.32 Å². The van der Waals surface area contributed by atoms with Crippen LogP contribution < -0.4 is 10.6 Å². The molecule has 0 aliphatic heterocycles. The summed E-state index contributed by atoms with van der Waals surface area (Å²) in [6.45, 7) is 2.33. The number of esters is 1. The van der Waals surface area contributed by atoms with Gasteiger partial charge in [0.25, 0.3) is 0 Å². The fourth-order valence-electron chi connectivity index (χ4n) is 7.35. The number of anilines is 1. The lowest BCUT2D eigenvalue weighted by Gasteiger charge is -2.59. The summed E-state index contributed by atoms with van der Waals surface area (Å²) in [7, 11) is 1.47. The van der Waals surface area contributed by atoms with Crippen molar-refractivity contribution in [3.8, 4) is 0 Å². The molecule has 164 valence electrons. The molecule has 1 aromatic rings. The number of rotatable bonds is 4. The summed E-state index contributed by atoms with van der Waals surface area (Å²) in [5.74, 6) is 2.55. The Morgan fingerprint density at radius 3 is 2.37 bits per heavy atom. The minimum absolute atomic E-state index is 0.242. The Morgan fingerprint density at radius 1 is 1.10 bits per heavy atom. The second kappa shape index (κ2) is 8.09. The molecule has 30 heavy (non-hydrogen) atoms. The van der Waals surface area contributed by atoms with Gasteiger partial charge in [-0.25, -0.2) is 4.79 Å².